The first-order chi connectivity index (χ1) is 14.8. The van der Waals surface area contributed by atoms with Gasteiger partial charge in [0.2, 0.25) is 15.9 Å². The van der Waals surface area contributed by atoms with E-state index in [1.807, 2.05) is 6.08 Å². The van der Waals surface area contributed by atoms with Gasteiger partial charge in [0.15, 0.2) is 0 Å². The van der Waals surface area contributed by atoms with Crippen molar-refractivity contribution in [3.63, 3.8) is 0 Å². The number of allylic oxidation sites excluding steroid dienone is 2. The molecule has 0 spiro atoms. The molecule has 0 aromatic heterocycles. The molecule has 178 valence electrons. The molecule has 2 bridgehead atoms. The zero-order chi connectivity index (χ0) is 22.7. The molecular weight excluding hydrogens is 420 g/mol. The second-order valence-corrected chi connectivity index (χ2v) is 10.5. The van der Waals surface area contributed by atoms with Crippen LogP contribution in [0.3, 0.4) is 0 Å². The monoisotopic (exact) mass is 458 g/mol. The van der Waals surface area contributed by atoms with Gasteiger partial charge < -0.3 is 15.2 Å². The maximum atomic E-state index is 12.2. The summed E-state index contributed by atoms with van der Waals surface area (Å²) in [6.45, 7) is 2.32. The van der Waals surface area contributed by atoms with Crippen LogP contribution in [0.5, 0.6) is 0 Å². The number of carboxylic acids is 1. The number of carbonyl (C=O) groups excluding carboxylic acids is 1. The minimum absolute atomic E-state index is 0.0569. The van der Waals surface area contributed by atoms with Crippen molar-refractivity contribution in [2.75, 3.05) is 18.8 Å². The molecule has 9 heteroatoms. The number of amides is 1. The molecule has 31 heavy (non-hydrogen) atoms. The van der Waals surface area contributed by atoms with E-state index in [1.165, 1.54) is 0 Å². The fourth-order valence-corrected chi connectivity index (χ4v) is 5.56. The van der Waals surface area contributed by atoms with Crippen LogP contribution in [-0.2, 0) is 24.3 Å². The van der Waals surface area contributed by atoms with Crippen LogP contribution in [0.25, 0.3) is 0 Å². The zero-order valence-corrected chi connectivity index (χ0v) is 19.4. The number of hydrogen-bond acceptors (Lipinski definition) is 5. The standard InChI is InChI=1S/C22H38N2O6S/c1-2-3-4-9-14-31(28,29)24-16-21(25)23-15-18-17(19-12-13-20(18)30-19)10-7-5-6-8-11-22(26)27/h5,7,17-20,24H,2-4,6,8-16H2,1H3,(H,23,25)(H,26,27)/t17-,18+,19-,20-/m1/s1. The average molecular weight is 459 g/mol. The molecule has 2 rings (SSSR count). The summed E-state index contributed by atoms with van der Waals surface area (Å²) in [4.78, 5) is 22.7. The van der Waals surface area contributed by atoms with Gasteiger partial charge in [-0.25, -0.2) is 13.1 Å². The fourth-order valence-electron chi connectivity index (χ4n) is 4.48. The molecule has 0 radical (unpaired) electrons. The second kappa shape index (κ2) is 13.2. The van der Waals surface area contributed by atoms with Crippen LogP contribution in [-0.4, -0.2) is 56.5 Å². The second-order valence-electron chi connectivity index (χ2n) is 8.62. The van der Waals surface area contributed by atoms with Crippen molar-refractivity contribution in [1.29, 1.82) is 0 Å². The van der Waals surface area contributed by atoms with Gasteiger partial charge in [-0.3, -0.25) is 9.59 Å². The predicted molar refractivity (Wildman–Crippen MR) is 119 cm³/mol. The van der Waals surface area contributed by atoms with Crippen molar-refractivity contribution in [3.8, 4) is 0 Å². The van der Waals surface area contributed by atoms with Crippen LogP contribution in [0.15, 0.2) is 12.2 Å². The molecule has 2 heterocycles. The number of hydrogen-bond donors (Lipinski definition) is 3. The molecule has 2 aliphatic rings. The summed E-state index contributed by atoms with van der Waals surface area (Å²) >= 11 is 0. The van der Waals surface area contributed by atoms with Crippen molar-refractivity contribution in [2.45, 2.75) is 83.3 Å². The van der Waals surface area contributed by atoms with Crippen LogP contribution in [0.4, 0.5) is 0 Å². The molecule has 8 nitrogen and oxygen atoms in total. The lowest BCUT2D eigenvalue weighted by molar-refractivity contribution is -0.137. The third kappa shape index (κ3) is 9.29. The summed E-state index contributed by atoms with van der Waals surface area (Å²) in [6.07, 6.45) is 12.4. The number of nitrogens with one attached hydrogen (secondary N) is 2. The van der Waals surface area contributed by atoms with Gasteiger partial charge in [-0.05, 0) is 44.4 Å². The number of ether oxygens (including phenoxy) is 1. The number of aliphatic carboxylic acids is 1. The maximum Gasteiger partial charge on any atom is 0.303 e. The highest BCUT2D eigenvalue weighted by atomic mass is 32.2. The fraction of sp³-hybridized carbons (Fsp3) is 0.818. The Morgan fingerprint density at radius 3 is 2.52 bits per heavy atom. The summed E-state index contributed by atoms with van der Waals surface area (Å²) in [5.41, 5.74) is 0. The first kappa shape index (κ1) is 25.8. The molecule has 3 N–H and O–H groups in total. The quantitative estimate of drug-likeness (QED) is 0.241. The van der Waals surface area contributed by atoms with Crippen LogP contribution in [0.2, 0.25) is 0 Å². The van der Waals surface area contributed by atoms with E-state index in [4.69, 9.17) is 9.84 Å². The molecule has 0 aromatic carbocycles. The number of sulfonamides is 1. The highest BCUT2D eigenvalue weighted by molar-refractivity contribution is 7.89. The SMILES string of the molecule is CCCCCCS(=O)(=O)NCC(=O)NC[C@H]1[C@@H](CC=CCCCC(=O)O)[C@H]2CC[C@H]1O2. The van der Waals surface area contributed by atoms with Gasteiger partial charge in [-0.2, -0.15) is 0 Å². The number of carboxylic acid groups (broad SMARTS) is 1. The Kier molecular flexibility index (Phi) is 11.0. The maximum absolute atomic E-state index is 12.2. The molecule has 4 atom stereocenters. The summed E-state index contributed by atoms with van der Waals surface area (Å²) < 4.78 is 32.4. The number of rotatable bonds is 16. The average Bonchev–Trinajstić information content (AvgIpc) is 3.32. The normalized spacial score (nSPS) is 25.3. The van der Waals surface area contributed by atoms with Crippen molar-refractivity contribution in [3.05, 3.63) is 12.2 Å². The van der Waals surface area contributed by atoms with Crippen LogP contribution < -0.4 is 10.0 Å². The molecule has 0 aromatic rings. The lowest BCUT2D eigenvalue weighted by atomic mass is 9.77. The number of unbranched alkanes of at least 4 members (excludes halogenated alkanes) is 4. The number of carbonyl (C=O) groups is 2. The van der Waals surface area contributed by atoms with Crippen molar-refractivity contribution >= 4 is 21.9 Å². The molecule has 2 saturated heterocycles. The van der Waals surface area contributed by atoms with E-state index in [9.17, 15) is 18.0 Å². The molecule has 0 aliphatic carbocycles. The minimum atomic E-state index is -3.42. The van der Waals surface area contributed by atoms with E-state index < -0.39 is 16.0 Å². The zero-order valence-electron chi connectivity index (χ0n) is 18.6. The van der Waals surface area contributed by atoms with E-state index in [1.54, 1.807) is 0 Å². The van der Waals surface area contributed by atoms with Gasteiger partial charge in [0, 0.05) is 18.9 Å². The Hall–Kier alpha value is -1.45. The van der Waals surface area contributed by atoms with Gasteiger partial charge in [0.05, 0.1) is 24.5 Å². The highest BCUT2D eigenvalue weighted by Crippen LogP contribution is 2.44. The molecule has 1 amide bonds. The lowest BCUT2D eigenvalue weighted by Gasteiger charge is -2.27. The summed E-state index contributed by atoms with van der Waals surface area (Å²) in [5.74, 6) is -0.490. The van der Waals surface area contributed by atoms with Crippen molar-refractivity contribution in [1.82, 2.24) is 10.0 Å². The van der Waals surface area contributed by atoms with Crippen molar-refractivity contribution in [2.24, 2.45) is 11.8 Å². The van der Waals surface area contributed by atoms with E-state index in [-0.39, 0.29) is 42.8 Å². The Bertz CT molecular complexity index is 709. The summed E-state index contributed by atoms with van der Waals surface area (Å²) in [5, 5.41) is 11.6. The highest BCUT2D eigenvalue weighted by Gasteiger charge is 2.47. The smallest absolute Gasteiger partial charge is 0.303 e. The van der Waals surface area contributed by atoms with Gasteiger partial charge in [-0.15, -0.1) is 0 Å². The van der Waals surface area contributed by atoms with E-state index in [0.29, 0.717) is 25.3 Å². The van der Waals surface area contributed by atoms with E-state index >= 15 is 0 Å². The largest absolute Gasteiger partial charge is 0.481 e. The third-order valence-electron chi connectivity index (χ3n) is 6.18. The van der Waals surface area contributed by atoms with Gasteiger partial charge in [-0.1, -0.05) is 38.3 Å². The molecule has 0 unspecified atom stereocenters. The Labute approximate surface area is 186 Å². The van der Waals surface area contributed by atoms with E-state index in [0.717, 1.165) is 44.9 Å². The Balaban J connectivity index is 1.70. The van der Waals surface area contributed by atoms with Crippen LogP contribution in [0.1, 0.15) is 71.1 Å². The molecule has 2 aliphatic heterocycles. The number of fused-ring (bicyclic) bond motifs is 2. The molecule has 2 fully saturated rings. The molecule has 0 saturated carbocycles. The Morgan fingerprint density at radius 2 is 1.81 bits per heavy atom. The van der Waals surface area contributed by atoms with Crippen LogP contribution in [0, 0.1) is 11.8 Å². The predicted octanol–water partition coefficient (Wildman–Crippen LogP) is 2.60. The first-order valence-corrected chi connectivity index (χ1v) is 13.2. The van der Waals surface area contributed by atoms with Gasteiger partial charge in [0.25, 0.3) is 0 Å². The molecular formula is C22H38N2O6S. The Morgan fingerprint density at radius 1 is 1.06 bits per heavy atom. The van der Waals surface area contributed by atoms with Crippen molar-refractivity contribution < 1.29 is 27.9 Å². The summed E-state index contributed by atoms with van der Waals surface area (Å²) in [7, 11) is -3.42. The third-order valence-corrected chi connectivity index (χ3v) is 7.59. The minimum Gasteiger partial charge on any atom is -0.481 e. The van der Waals surface area contributed by atoms with Gasteiger partial charge >= 0.3 is 5.97 Å². The lowest BCUT2D eigenvalue weighted by Crippen LogP contribution is -2.42. The van der Waals surface area contributed by atoms with Gasteiger partial charge in [0.1, 0.15) is 0 Å². The van der Waals surface area contributed by atoms with E-state index in [2.05, 4.69) is 23.0 Å². The summed E-state index contributed by atoms with van der Waals surface area (Å²) in [6, 6.07) is 0. The van der Waals surface area contributed by atoms with Crippen LogP contribution >= 0.6 is 0 Å². The topological polar surface area (TPSA) is 122 Å². The first-order valence-electron chi connectivity index (χ1n) is 11.6.